The molecule has 0 aromatic heterocycles. The largest absolute Gasteiger partial charge is 0.491 e. The topological polar surface area (TPSA) is 178 Å². The number of ether oxygens (including phenoxy) is 2. The number of benzene rings is 2. The van der Waals surface area contributed by atoms with Crippen LogP contribution in [0.2, 0.25) is 5.02 Å². The van der Waals surface area contributed by atoms with Crippen molar-refractivity contribution >= 4 is 23.5 Å². The van der Waals surface area contributed by atoms with E-state index in [4.69, 9.17) is 31.5 Å². The van der Waals surface area contributed by atoms with Crippen LogP contribution in [0, 0.1) is 11.8 Å². The number of allylic oxidation sites excluding steroid dienone is 2. The number of carbonyl (C=O) groups excluding carboxylic acids is 2. The maximum atomic E-state index is 12.1. The minimum atomic E-state index is -0.902. The molecule has 12 nitrogen and oxygen atoms in total. The Hall–Kier alpha value is -3.33. The van der Waals surface area contributed by atoms with E-state index in [9.17, 15) is 24.9 Å². The van der Waals surface area contributed by atoms with Crippen LogP contribution in [-0.4, -0.2) is 74.5 Å². The van der Waals surface area contributed by atoms with Crippen molar-refractivity contribution in [3.63, 3.8) is 0 Å². The average molecular weight is 635 g/mol. The number of nitrogens with zero attached hydrogens (tertiary/aromatic N) is 1. The van der Waals surface area contributed by atoms with E-state index < -0.39 is 29.7 Å². The highest BCUT2D eigenvalue weighted by atomic mass is 35.5. The summed E-state index contributed by atoms with van der Waals surface area (Å²) < 4.78 is 10.7. The van der Waals surface area contributed by atoms with Gasteiger partial charge in [0.1, 0.15) is 30.8 Å². The Balaban J connectivity index is 1.33. The van der Waals surface area contributed by atoms with E-state index in [0.717, 1.165) is 0 Å². The molecule has 0 aliphatic heterocycles. The number of aliphatic hydroxyl groups is 3. The first-order valence-corrected chi connectivity index (χ1v) is 14.6. The van der Waals surface area contributed by atoms with E-state index in [1.54, 1.807) is 48.6 Å². The van der Waals surface area contributed by atoms with Crippen LogP contribution >= 0.6 is 11.6 Å². The molecule has 1 saturated carbocycles. The zero-order chi connectivity index (χ0) is 31.9. The van der Waals surface area contributed by atoms with Gasteiger partial charge in [0.15, 0.2) is 0 Å². The molecule has 0 saturated heterocycles. The van der Waals surface area contributed by atoms with E-state index in [2.05, 4.69) is 10.2 Å². The maximum absolute atomic E-state index is 12.1. The number of unbranched alkanes of at least 4 members (excludes halogenated alkanes) is 1. The second-order valence-corrected chi connectivity index (χ2v) is 10.8. The fourth-order valence-electron chi connectivity index (χ4n) is 4.77. The lowest BCUT2D eigenvalue weighted by molar-refractivity contribution is -0.497. The second-order valence-electron chi connectivity index (χ2n) is 10.4. The molecule has 6 N–H and O–H groups in total. The van der Waals surface area contributed by atoms with Crippen LogP contribution in [-0.2, 0) is 21.0 Å². The number of esters is 1. The van der Waals surface area contributed by atoms with Crippen molar-refractivity contribution in [2.75, 3.05) is 13.2 Å². The molecule has 1 amide bonds. The number of nitrogens with one attached hydrogen (secondary N) is 1. The standard InChI is InChI=1S/C31H39ClN2O10/c32-22-8-6-9-24(16-22)42-20-23(35)13-14-27-26(28(36)17-29(27)37)11-3-1-2-4-12-30(38)33-18-31(39)44-25-10-5-7-21(15-25)19-43-34(40)41/h1,3,5-10,13-16,23,26-29,35-37,40-41H,2,4,11-12,17-20H2,(H,33,38)/b3-1-,14-13+/t23-,26-,27-,28+,29-/m1/s1. The monoisotopic (exact) mass is 634 g/mol. The average Bonchev–Trinajstić information content (AvgIpc) is 3.26. The highest BCUT2D eigenvalue weighted by molar-refractivity contribution is 6.30. The van der Waals surface area contributed by atoms with Crippen molar-refractivity contribution in [1.82, 2.24) is 10.7 Å². The van der Waals surface area contributed by atoms with Crippen LogP contribution in [0.3, 0.4) is 0 Å². The highest BCUT2D eigenvalue weighted by Gasteiger charge is 2.39. The molecule has 2 aromatic rings. The van der Waals surface area contributed by atoms with E-state index >= 15 is 0 Å². The molecular formula is C31H39ClN2O10. The van der Waals surface area contributed by atoms with Gasteiger partial charge in [0.25, 0.3) is 0 Å². The number of halogens is 1. The third kappa shape index (κ3) is 12.7. The number of rotatable bonds is 17. The van der Waals surface area contributed by atoms with Crippen molar-refractivity contribution in [1.29, 1.82) is 0 Å². The molecule has 1 fully saturated rings. The molecule has 1 aliphatic carbocycles. The number of hydrogen-bond acceptors (Lipinski definition) is 11. The zero-order valence-electron chi connectivity index (χ0n) is 24.1. The smallest absolute Gasteiger partial charge is 0.330 e. The van der Waals surface area contributed by atoms with Crippen LogP contribution in [0.15, 0.2) is 72.8 Å². The summed E-state index contributed by atoms with van der Waals surface area (Å²) in [5.41, 5.74) is 0.529. The summed E-state index contributed by atoms with van der Waals surface area (Å²) in [6.45, 7) is -0.451. The Kier molecular flexibility index (Phi) is 14.8. The van der Waals surface area contributed by atoms with Gasteiger partial charge in [-0.05, 0) is 61.1 Å². The van der Waals surface area contributed by atoms with Gasteiger partial charge in [0.05, 0.1) is 24.2 Å². The molecule has 3 rings (SSSR count). The van der Waals surface area contributed by atoms with Gasteiger partial charge in [-0.3, -0.25) is 15.2 Å². The summed E-state index contributed by atoms with van der Waals surface area (Å²) in [6.07, 6.45) is 6.93. The van der Waals surface area contributed by atoms with Crippen LogP contribution in [0.1, 0.15) is 37.7 Å². The van der Waals surface area contributed by atoms with Crippen molar-refractivity contribution in [3.8, 4) is 11.5 Å². The summed E-state index contributed by atoms with van der Waals surface area (Å²) in [5.74, 6) is -0.765. The van der Waals surface area contributed by atoms with E-state index in [1.165, 1.54) is 12.1 Å². The Morgan fingerprint density at radius 2 is 1.84 bits per heavy atom. The Morgan fingerprint density at radius 3 is 2.61 bits per heavy atom. The van der Waals surface area contributed by atoms with Gasteiger partial charge >= 0.3 is 5.97 Å². The molecule has 0 radical (unpaired) electrons. The lowest BCUT2D eigenvalue weighted by Crippen LogP contribution is -2.31. The normalized spacial score (nSPS) is 20.8. The maximum Gasteiger partial charge on any atom is 0.330 e. The van der Waals surface area contributed by atoms with Gasteiger partial charge in [0.2, 0.25) is 5.91 Å². The molecule has 0 spiro atoms. The predicted octanol–water partition coefficient (Wildman–Crippen LogP) is 3.34. The first-order chi connectivity index (χ1) is 21.1. The summed E-state index contributed by atoms with van der Waals surface area (Å²) in [4.78, 5) is 28.7. The van der Waals surface area contributed by atoms with Crippen LogP contribution in [0.4, 0.5) is 0 Å². The van der Waals surface area contributed by atoms with Gasteiger partial charge in [-0.2, -0.15) is 0 Å². The predicted molar refractivity (Wildman–Crippen MR) is 159 cm³/mol. The highest BCUT2D eigenvalue weighted by Crippen LogP contribution is 2.36. The number of carbonyl (C=O) groups is 2. The first-order valence-electron chi connectivity index (χ1n) is 14.2. The Labute approximate surface area is 260 Å². The lowest BCUT2D eigenvalue weighted by atomic mass is 9.89. The summed E-state index contributed by atoms with van der Waals surface area (Å²) >= 11 is 5.94. The molecular weight excluding hydrogens is 596 g/mol. The minimum Gasteiger partial charge on any atom is -0.491 e. The fraction of sp³-hybridized carbons (Fsp3) is 0.419. The van der Waals surface area contributed by atoms with Gasteiger partial charge in [0, 0.05) is 23.8 Å². The van der Waals surface area contributed by atoms with Gasteiger partial charge in [-0.25, -0.2) is 9.63 Å². The molecule has 13 heteroatoms. The molecule has 0 unspecified atom stereocenters. The first kappa shape index (κ1) is 35.2. The molecule has 2 aromatic carbocycles. The fourth-order valence-corrected chi connectivity index (χ4v) is 4.95. The van der Waals surface area contributed by atoms with Gasteiger partial charge < -0.3 is 30.1 Å². The van der Waals surface area contributed by atoms with Crippen LogP contribution in [0.25, 0.3) is 0 Å². The number of amides is 1. The van der Waals surface area contributed by atoms with Gasteiger partial charge in [-0.15, -0.1) is 0 Å². The molecule has 44 heavy (non-hydrogen) atoms. The van der Waals surface area contributed by atoms with E-state index in [-0.39, 0.29) is 56.1 Å². The second kappa shape index (κ2) is 18.5. The van der Waals surface area contributed by atoms with Crippen molar-refractivity contribution in [2.24, 2.45) is 11.8 Å². The quantitative estimate of drug-likeness (QED) is 0.0494. The zero-order valence-corrected chi connectivity index (χ0v) is 24.8. The summed E-state index contributed by atoms with van der Waals surface area (Å²) in [7, 11) is 0. The Morgan fingerprint density at radius 1 is 1.07 bits per heavy atom. The third-order valence-electron chi connectivity index (χ3n) is 6.94. The number of aliphatic hydroxyl groups excluding tert-OH is 3. The van der Waals surface area contributed by atoms with E-state index in [0.29, 0.717) is 35.6 Å². The van der Waals surface area contributed by atoms with Crippen molar-refractivity contribution < 1.29 is 49.6 Å². The minimum absolute atomic E-state index is 0.0164. The molecule has 0 heterocycles. The molecule has 0 bridgehead atoms. The summed E-state index contributed by atoms with van der Waals surface area (Å²) in [6, 6.07) is 13.1. The summed E-state index contributed by atoms with van der Waals surface area (Å²) in [5, 5.41) is 51.0. The molecule has 240 valence electrons. The SMILES string of the molecule is O=C(CCC/C=C\C[C@@H]1[C@@H](/C=C/[C@@H](O)COc2cccc(Cl)c2)[C@H](O)C[C@@H]1O)NCC(=O)Oc1cccc(CON(O)O)c1. The Bertz CT molecular complexity index is 1260. The van der Waals surface area contributed by atoms with E-state index in [1.807, 2.05) is 12.2 Å². The number of hydrogen-bond donors (Lipinski definition) is 6. The third-order valence-corrected chi connectivity index (χ3v) is 7.18. The molecule has 5 atom stereocenters. The molecule has 1 aliphatic rings. The lowest BCUT2D eigenvalue weighted by Gasteiger charge is -2.19. The van der Waals surface area contributed by atoms with Crippen molar-refractivity contribution in [2.45, 2.75) is 57.0 Å². The van der Waals surface area contributed by atoms with Crippen molar-refractivity contribution in [3.05, 3.63) is 83.4 Å². The van der Waals surface area contributed by atoms with Crippen LogP contribution in [0.5, 0.6) is 11.5 Å². The van der Waals surface area contributed by atoms with Crippen LogP contribution < -0.4 is 14.8 Å². The van der Waals surface area contributed by atoms with Gasteiger partial charge in [-0.1, -0.05) is 54.1 Å².